The molecule has 0 unspecified atom stereocenters. The van der Waals surface area contributed by atoms with Gasteiger partial charge in [0.2, 0.25) is 0 Å². The van der Waals surface area contributed by atoms with E-state index in [1.54, 1.807) is 11.3 Å². The van der Waals surface area contributed by atoms with Gasteiger partial charge in [0, 0.05) is 5.69 Å². The molecular formula is C14H17N3S. The van der Waals surface area contributed by atoms with E-state index in [2.05, 4.69) is 47.7 Å². The van der Waals surface area contributed by atoms with Crippen LogP contribution in [0.3, 0.4) is 0 Å². The van der Waals surface area contributed by atoms with Gasteiger partial charge < -0.3 is 11.1 Å². The number of hydrogen-bond acceptors (Lipinski definition) is 2. The van der Waals surface area contributed by atoms with Gasteiger partial charge >= 0.3 is 0 Å². The first-order chi connectivity index (χ1) is 8.65. The van der Waals surface area contributed by atoms with E-state index < -0.39 is 0 Å². The number of aliphatic imine (C=N–C) groups is 1. The fraction of sp³-hybridized carbons (Fsp3) is 0.214. The monoisotopic (exact) mass is 259 g/mol. The molecule has 18 heavy (non-hydrogen) atoms. The Hall–Kier alpha value is -1.81. The van der Waals surface area contributed by atoms with Gasteiger partial charge in [-0.05, 0) is 59.5 Å². The largest absolute Gasteiger partial charge is 0.370 e. The molecule has 2 aromatic rings. The second-order valence-corrected chi connectivity index (χ2v) is 5.04. The molecule has 0 aliphatic heterocycles. The maximum absolute atomic E-state index is 5.85. The molecule has 0 spiro atoms. The van der Waals surface area contributed by atoms with Crippen LogP contribution in [-0.4, -0.2) is 5.96 Å². The van der Waals surface area contributed by atoms with Gasteiger partial charge in [-0.3, -0.25) is 0 Å². The topological polar surface area (TPSA) is 50.4 Å². The lowest BCUT2D eigenvalue weighted by atomic mass is 10.1. The summed E-state index contributed by atoms with van der Waals surface area (Å²) in [4.78, 5) is 4.30. The summed E-state index contributed by atoms with van der Waals surface area (Å²) in [5, 5.41) is 7.22. The maximum Gasteiger partial charge on any atom is 0.193 e. The average molecular weight is 259 g/mol. The number of rotatable bonds is 3. The van der Waals surface area contributed by atoms with E-state index in [1.165, 1.54) is 16.7 Å². The maximum atomic E-state index is 5.85. The number of aryl methyl sites for hydroxylation is 2. The van der Waals surface area contributed by atoms with Crippen molar-refractivity contribution in [3.63, 3.8) is 0 Å². The predicted molar refractivity (Wildman–Crippen MR) is 79.2 cm³/mol. The molecule has 0 saturated carbocycles. The minimum Gasteiger partial charge on any atom is -0.370 e. The zero-order chi connectivity index (χ0) is 13.0. The normalized spacial score (nSPS) is 11.6. The highest BCUT2D eigenvalue weighted by atomic mass is 32.1. The van der Waals surface area contributed by atoms with E-state index in [-0.39, 0.29) is 0 Å². The van der Waals surface area contributed by atoms with Crippen LogP contribution < -0.4 is 11.1 Å². The molecule has 2 rings (SSSR count). The number of guanidine groups is 1. The van der Waals surface area contributed by atoms with Crippen molar-refractivity contribution in [2.24, 2.45) is 10.7 Å². The third kappa shape index (κ3) is 3.34. The highest BCUT2D eigenvalue weighted by Gasteiger charge is 1.98. The van der Waals surface area contributed by atoms with Crippen LogP contribution >= 0.6 is 11.3 Å². The molecule has 0 aliphatic rings. The van der Waals surface area contributed by atoms with Gasteiger partial charge in [0.1, 0.15) is 0 Å². The minimum atomic E-state index is 0.449. The predicted octanol–water partition coefficient (Wildman–Crippen LogP) is 3.29. The number of nitrogens with zero attached hydrogens (tertiary/aromatic N) is 1. The Morgan fingerprint density at radius 1 is 1.28 bits per heavy atom. The Kier molecular flexibility index (Phi) is 3.99. The zero-order valence-electron chi connectivity index (χ0n) is 10.6. The third-order valence-corrected chi connectivity index (χ3v) is 3.52. The summed E-state index contributed by atoms with van der Waals surface area (Å²) in [5.41, 5.74) is 10.5. The van der Waals surface area contributed by atoms with Gasteiger partial charge in [-0.2, -0.15) is 11.3 Å². The summed E-state index contributed by atoms with van der Waals surface area (Å²) >= 11 is 1.67. The molecule has 0 amide bonds. The van der Waals surface area contributed by atoms with Crippen molar-refractivity contribution in [3.05, 3.63) is 51.7 Å². The number of benzene rings is 1. The van der Waals surface area contributed by atoms with Crippen LogP contribution in [0, 0.1) is 13.8 Å². The lowest BCUT2D eigenvalue weighted by Gasteiger charge is -2.07. The Labute approximate surface area is 111 Å². The smallest absolute Gasteiger partial charge is 0.193 e. The highest BCUT2D eigenvalue weighted by molar-refractivity contribution is 7.07. The van der Waals surface area contributed by atoms with Gasteiger partial charge in [-0.15, -0.1) is 0 Å². The molecule has 0 fully saturated rings. The van der Waals surface area contributed by atoms with E-state index in [0.717, 1.165) is 5.69 Å². The number of nitrogens with one attached hydrogen (secondary N) is 1. The van der Waals surface area contributed by atoms with Crippen LogP contribution in [0.25, 0.3) is 0 Å². The van der Waals surface area contributed by atoms with Crippen LogP contribution in [-0.2, 0) is 6.54 Å². The van der Waals surface area contributed by atoms with Crippen molar-refractivity contribution in [2.45, 2.75) is 20.4 Å². The quantitative estimate of drug-likeness (QED) is 0.656. The van der Waals surface area contributed by atoms with E-state index in [4.69, 9.17) is 5.73 Å². The molecule has 1 aromatic carbocycles. The second kappa shape index (κ2) is 5.69. The van der Waals surface area contributed by atoms with Crippen molar-refractivity contribution < 1.29 is 0 Å². The molecular weight excluding hydrogens is 242 g/mol. The average Bonchev–Trinajstić information content (AvgIpc) is 2.84. The van der Waals surface area contributed by atoms with Crippen LogP contribution in [0.1, 0.15) is 16.7 Å². The van der Waals surface area contributed by atoms with Gasteiger partial charge in [0.05, 0.1) is 6.54 Å². The van der Waals surface area contributed by atoms with Crippen LogP contribution in [0.5, 0.6) is 0 Å². The molecule has 0 bridgehead atoms. The summed E-state index contributed by atoms with van der Waals surface area (Å²) < 4.78 is 0. The molecule has 0 atom stereocenters. The van der Waals surface area contributed by atoms with E-state index in [9.17, 15) is 0 Å². The minimum absolute atomic E-state index is 0.449. The molecule has 0 radical (unpaired) electrons. The summed E-state index contributed by atoms with van der Waals surface area (Å²) in [6.07, 6.45) is 0. The van der Waals surface area contributed by atoms with Crippen LogP contribution in [0.4, 0.5) is 5.69 Å². The molecule has 4 heteroatoms. The van der Waals surface area contributed by atoms with Crippen LogP contribution in [0.15, 0.2) is 40.0 Å². The fourth-order valence-electron chi connectivity index (χ4n) is 1.57. The van der Waals surface area contributed by atoms with E-state index >= 15 is 0 Å². The number of anilines is 1. The second-order valence-electron chi connectivity index (χ2n) is 4.26. The molecule has 3 N–H and O–H groups in total. The first-order valence-corrected chi connectivity index (χ1v) is 6.74. The lowest BCUT2D eigenvalue weighted by Crippen LogP contribution is -2.22. The first-order valence-electron chi connectivity index (χ1n) is 5.80. The standard InChI is InChI=1S/C14H17N3S/c1-10-3-4-13(7-11(10)2)17-14(15)16-8-12-5-6-18-9-12/h3-7,9H,8H2,1-2H3,(H3,15,16,17). The molecule has 1 aromatic heterocycles. The fourth-order valence-corrected chi connectivity index (χ4v) is 2.23. The van der Waals surface area contributed by atoms with Crippen molar-refractivity contribution in [2.75, 3.05) is 5.32 Å². The van der Waals surface area contributed by atoms with Gasteiger partial charge in [0.25, 0.3) is 0 Å². The Morgan fingerprint density at radius 2 is 2.11 bits per heavy atom. The number of thiophene rings is 1. The SMILES string of the molecule is Cc1ccc(NC(N)=NCc2ccsc2)cc1C. The third-order valence-electron chi connectivity index (χ3n) is 2.79. The molecule has 0 saturated heterocycles. The Balaban J connectivity index is 1.99. The van der Waals surface area contributed by atoms with E-state index in [0.29, 0.717) is 12.5 Å². The Morgan fingerprint density at radius 3 is 2.78 bits per heavy atom. The van der Waals surface area contributed by atoms with Crippen molar-refractivity contribution >= 4 is 23.0 Å². The van der Waals surface area contributed by atoms with Gasteiger partial charge in [-0.1, -0.05) is 6.07 Å². The zero-order valence-corrected chi connectivity index (χ0v) is 11.4. The van der Waals surface area contributed by atoms with Crippen molar-refractivity contribution in [1.82, 2.24) is 0 Å². The summed E-state index contributed by atoms with van der Waals surface area (Å²) in [6, 6.07) is 8.21. The Bertz CT molecular complexity index is 544. The van der Waals surface area contributed by atoms with E-state index in [1.807, 2.05) is 11.4 Å². The highest BCUT2D eigenvalue weighted by Crippen LogP contribution is 2.14. The molecule has 0 aliphatic carbocycles. The number of hydrogen-bond donors (Lipinski definition) is 2. The molecule has 3 nitrogen and oxygen atoms in total. The van der Waals surface area contributed by atoms with Gasteiger partial charge in [0.15, 0.2) is 5.96 Å². The van der Waals surface area contributed by atoms with Crippen LogP contribution in [0.2, 0.25) is 0 Å². The number of nitrogens with two attached hydrogens (primary N) is 1. The lowest BCUT2D eigenvalue weighted by molar-refractivity contribution is 1.07. The van der Waals surface area contributed by atoms with Gasteiger partial charge in [-0.25, -0.2) is 4.99 Å². The summed E-state index contributed by atoms with van der Waals surface area (Å²) in [6.45, 7) is 4.79. The van der Waals surface area contributed by atoms with Crippen molar-refractivity contribution in [1.29, 1.82) is 0 Å². The first kappa shape index (κ1) is 12.6. The van der Waals surface area contributed by atoms with Crippen molar-refractivity contribution in [3.8, 4) is 0 Å². The summed E-state index contributed by atoms with van der Waals surface area (Å²) in [7, 11) is 0. The molecule has 1 heterocycles. The molecule has 94 valence electrons. The summed E-state index contributed by atoms with van der Waals surface area (Å²) in [5.74, 6) is 0.449.